The SMILES string of the molecule is CC(=O)Nc1nc2c(s1)-c1c(c(-c3ccc(C)nc3)nn1C1CCCCC1)SC2. The number of thioether (sulfide) groups is 1. The Bertz CT molecular complexity index is 1060. The molecular formula is C21H23N5OS2. The van der Waals surface area contributed by atoms with Gasteiger partial charge < -0.3 is 5.32 Å². The maximum atomic E-state index is 11.5. The lowest BCUT2D eigenvalue weighted by atomic mass is 9.95. The fourth-order valence-corrected chi connectivity index (χ4v) is 6.47. The van der Waals surface area contributed by atoms with E-state index < -0.39 is 0 Å². The van der Waals surface area contributed by atoms with Gasteiger partial charge in [-0.25, -0.2) is 4.98 Å². The number of hydrogen-bond acceptors (Lipinski definition) is 6. The Balaban J connectivity index is 1.66. The minimum atomic E-state index is -0.0869. The van der Waals surface area contributed by atoms with E-state index in [0.29, 0.717) is 11.2 Å². The van der Waals surface area contributed by atoms with E-state index in [1.165, 1.54) is 36.8 Å². The summed E-state index contributed by atoms with van der Waals surface area (Å²) in [4.78, 5) is 23.1. The van der Waals surface area contributed by atoms with Crippen molar-refractivity contribution in [3.05, 3.63) is 29.7 Å². The molecule has 0 radical (unpaired) electrons. The molecule has 1 aliphatic carbocycles. The van der Waals surface area contributed by atoms with Crippen LogP contribution in [0, 0.1) is 6.92 Å². The first-order chi connectivity index (χ1) is 14.1. The molecule has 1 N–H and O–H groups in total. The average Bonchev–Trinajstić information content (AvgIpc) is 3.29. The molecule has 0 bridgehead atoms. The second kappa shape index (κ2) is 7.57. The van der Waals surface area contributed by atoms with Gasteiger partial charge in [-0.15, -0.1) is 11.8 Å². The van der Waals surface area contributed by atoms with Crippen LogP contribution < -0.4 is 5.32 Å². The summed E-state index contributed by atoms with van der Waals surface area (Å²) in [5.74, 6) is 0.706. The predicted molar refractivity (Wildman–Crippen MR) is 117 cm³/mol. The van der Waals surface area contributed by atoms with E-state index in [2.05, 4.69) is 26.0 Å². The summed E-state index contributed by atoms with van der Waals surface area (Å²) in [7, 11) is 0. The standard InChI is InChI=1S/C21H23N5OS2/c1-12-8-9-14(10-22-12)17-20-18(26(25-17)15-6-4-3-5-7-15)19-16(11-28-20)24-21(29-19)23-13(2)27/h8-10,15H,3-7,11H2,1-2H3,(H,23,24,27). The van der Waals surface area contributed by atoms with Gasteiger partial charge in [-0.2, -0.15) is 5.10 Å². The van der Waals surface area contributed by atoms with Crippen LogP contribution in [0.15, 0.2) is 23.2 Å². The van der Waals surface area contributed by atoms with Crippen molar-refractivity contribution in [1.29, 1.82) is 0 Å². The number of anilines is 1. The number of aryl methyl sites for hydroxylation is 1. The molecule has 0 aromatic carbocycles. The van der Waals surface area contributed by atoms with Crippen molar-refractivity contribution in [3.8, 4) is 21.8 Å². The quantitative estimate of drug-likeness (QED) is 0.604. The molecular weight excluding hydrogens is 402 g/mol. The number of carbonyl (C=O) groups excluding carboxylic acids is 1. The van der Waals surface area contributed by atoms with Gasteiger partial charge in [-0.1, -0.05) is 30.6 Å². The van der Waals surface area contributed by atoms with E-state index in [4.69, 9.17) is 5.10 Å². The first-order valence-electron chi connectivity index (χ1n) is 10.1. The summed E-state index contributed by atoms with van der Waals surface area (Å²) in [5.41, 5.74) is 5.30. The van der Waals surface area contributed by atoms with Crippen LogP contribution in [0.1, 0.15) is 56.5 Å². The van der Waals surface area contributed by atoms with E-state index in [1.54, 1.807) is 23.1 Å². The van der Waals surface area contributed by atoms with Crippen LogP contribution in [-0.2, 0) is 10.5 Å². The Morgan fingerprint density at radius 3 is 2.79 bits per heavy atom. The molecule has 5 rings (SSSR count). The van der Waals surface area contributed by atoms with Gasteiger partial charge in [0.05, 0.1) is 27.2 Å². The summed E-state index contributed by atoms with van der Waals surface area (Å²) in [6, 6.07) is 4.58. The average molecular weight is 426 g/mol. The number of aromatic nitrogens is 4. The number of thiazole rings is 1. The molecule has 0 spiro atoms. The van der Waals surface area contributed by atoms with Crippen molar-refractivity contribution in [2.24, 2.45) is 0 Å². The van der Waals surface area contributed by atoms with Crippen LogP contribution in [0.4, 0.5) is 5.13 Å². The first-order valence-corrected chi connectivity index (χ1v) is 11.9. The number of fused-ring (bicyclic) bond motifs is 3. The molecule has 4 heterocycles. The van der Waals surface area contributed by atoms with Gasteiger partial charge in [0.15, 0.2) is 5.13 Å². The lowest BCUT2D eigenvalue weighted by Crippen LogP contribution is -2.15. The molecule has 6 nitrogen and oxygen atoms in total. The second-order valence-electron chi connectivity index (χ2n) is 7.72. The Morgan fingerprint density at radius 2 is 2.07 bits per heavy atom. The topological polar surface area (TPSA) is 72.7 Å². The zero-order valence-electron chi connectivity index (χ0n) is 16.6. The molecule has 1 fully saturated rings. The van der Waals surface area contributed by atoms with Gasteiger partial charge in [0.1, 0.15) is 5.69 Å². The van der Waals surface area contributed by atoms with Crippen molar-refractivity contribution < 1.29 is 4.79 Å². The van der Waals surface area contributed by atoms with Gasteiger partial charge in [0.2, 0.25) is 5.91 Å². The molecule has 1 amide bonds. The summed E-state index contributed by atoms with van der Waals surface area (Å²) in [6.45, 7) is 3.52. The summed E-state index contributed by atoms with van der Waals surface area (Å²) >= 11 is 3.36. The Morgan fingerprint density at radius 1 is 1.24 bits per heavy atom. The summed E-state index contributed by atoms with van der Waals surface area (Å²) in [5, 5.41) is 8.66. The third-order valence-electron chi connectivity index (χ3n) is 5.52. The van der Waals surface area contributed by atoms with Crippen molar-refractivity contribution in [3.63, 3.8) is 0 Å². The molecule has 8 heteroatoms. The number of amides is 1. The van der Waals surface area contributed by atoms with Crippen molar-refractivity contribution in [2.75, 3.05) is 5.32 Å². The zero-order valence-corrected chi connectivity index (χ0v) is 18.2. The molecule has 0 unspecified atom stereocenters. The molecule has 150 valence electrons. The van der Waals surface area contributed by atoms with Crippen LogP contribution >= 0.6 is 23.1 Å². The zero-order chi connectivity index (χ0) is 20.0. The molecule has 1 aliphatic heterocycles. The van der Waals surface area contributed by atoms with Crippen LogP contribution in [0.2, 0.25) is 0 Å². The highest BCUT2D eigenvalue weighted by Gasteiger charge is 2.32. The number of pyridine rings is 1. The normalized spacial score (nSPS) is 16.3. The van der Waals surface area contributed by atoms with Crippen molar-refractivity contribution in [2.45, 2.75) is 62.6 Å². The van der Waals surface area contributed by atoms with Crippen molar-refractivity contribution in [1.82, 2.24) is 19.7 Å². The molecule has 3 aromatic rings. The fourth-order valence-electron chi connectivity index (χ4n) is 4.13. The monoisotopic (exact) mass is 425 g/mol. The highest BCUT2D eigenvalue weighted by molar-refractivity contribution is 7.99. The van der Waals surface area contributed by atoms with E-state index in [0.717, 1.165) is 46.1 Å². The molecule has 0 saturated heterocycles. The van der Waals surface area contributed by atoms with E-state index in [9.17, 15) is 4.79 Å². The highest BCUT2D eigenvalue weighted by atomic mass is 32.2. The highest BCUT2D eigenvalue weighted by Crippen LogP contribution is 2.50. The Labute approximate surface area is 178 Å². The number of nitrogens with one attached hydrogen (secondary N) is 1. The third kappa shape index (κ3) is 3.48. The lowest BCUT2D eigenvalue weighted by Gasteiger charge is -2.24. The van der Waals surface area contributed by atoms with Crippen LogP contribution in [0.3, 0.4) is 0 Å². The van der Waals surface area contributed by atoms with Gasteiger partial charge >= 0.3 is 0 Å². The minimum Gasteiger partial charge on any atom is -0.302 e. The third-order valence-corrected chi connectivity index (χ3v) is 7.63. The number of hydrogen-bond donors (Lipinski definition) is 1. The van der Waals surface area contributed by atoms with Gasteiger partial charge in [-0.3, -0.25) is 14.5 Å². The lowest BCUT2D eigenvalue weighted by molar-refractivity contribution is -0.114. The molecule has 0 atom stereocenters. The Hall–Kier alpha value is -2.19. The van der Waals surface area contributed by atoms with Crippen LogP contribution in [0.5, 0.6) is 0 Å². The molecule has 1 saturated carbocycles. The molecule has 29 heavy (non-hydrogen) atoms. The number of nitrogens with zero attached hydrogens (tertiary/aromatic N) is 4. The van der Waals surface area contributed by atoms with E-state index in [1.807, 2.05) is 19.2 Å². The first kappa shape index (κ1) is 18.8. The van der Waals surface area contributed by atoms with Crippen molar-refractivity contribution >= 4 is 34.1 Å². The fraction of sp³-hybridized carbons (Fsp3) is 0.429. The van der Waals surface area contributed by atoms with Crippen LogP contribution in [-0.4, -0.2) is 25.7 Å². The summed E-state index contributed by atoms with van der Waals surface area (Å²) in [6.07, 6.45) is 8.06. The second-order valence-corrected chi connectivity index (χ2v) is 9.70. The minimum absolute atomic E-state index is 0.0869. The largest absolute Gasteiger partial charge is 0.302 e. The van der Waals surface area contributed by atoms with E-state index in [-0.39, 0.29) is 5.91 Å². The van der Waals surface area contributed by atoms with Gasteiger partial charge in [0, 0.05) is 30.1 Å². The Kier molecular flexibility index (Phi) is 4.91. The van der Waals surface area contributed by atoms with Gasteiger partial charge in [0.25, 0.3) is 0 Å². The maximum Gasteiger partial charge on any atom is 0.223 e. The van der Waals surface area contributed by atoms with Crippen LogP contribution in [0.25, 0.3) is 21.8 Å². The number of carbonyl (C=O) groups is 1. The van der Waals surface area contributed by atoms with Gasteiger partial charge in [-0.05, 0) is 31.9 Å². The predicted octanol–water partition coefficient (Wildman–Crippen LogP) is 5.45. The molecule has 2 aliphatic rings. The summed E-state index contributed by atoms with van der Waals surface area (Å²) < 4.78 is 2.25. The number of rotatable bonds is 3. The maximum absolute atomic E-state index is 11.5. The molecule has 3 aromatic heterocycles. The van der Waals surface area contributed by atoms with E-state index >= 15 is 0 Å². The smallest absolute Gasteiger partial charge is 0.223 e.